The molecule has 2 saturated heterocycles. The number of hydrogen-bond donors (Lipinski definition) is 0. The van der Waals surface area contributed by atoms with E-state index in [-0.39, 0.29) is 84.7 Å². The van der Waals surface area contributed by atoms with Crippen LogP contribution in [0.3, 0.4) is 0 Å². The molecule has 0 unspecified atom stereocenters. The fourth-order valence-corrected chi connectivity index (χ4v) is 12.8. The SMILES string of the molecule is Cc1ccc(Cn2nc(-c3cnc(N4CC(C(F)(F)F)C4)nc3)ccc2=O)cc1.Cc1ccc(Cn2nc(-c3cnc(OCC(F)(F)F)nc3)ccc2=O)cc1.Cc1ccc(Cn2nc(-c3cnc(OCC4COC4)nc3)ccc2=O)cc1.Cc1ccc(Cn2nc(-c3cnc(OCCOC(F)(F)F)nc3)ccc2=O)cc1.Cc1ccc(Cn2nc(-c3cnc(OCCOC(F)F)nc3)ccc2=O)cc1. The van der Waals surface area contributed by atoms with E-state index in [2.05, 4.69) is 89.5 Å². The van der Waals surface area contributed by atoms with Crippen LogP contribution in [0.5, 0.6) is 24.0 Å². The zero-order valence-corrected chi connectivity index (χ0v) is 75.4. The average Bonchev–Trinajstić information content (AvgIpc) is 0.786. The first kappa shape index (κ1) is 101. The Bertz CT molecular complexity index is 6870. The number of anilines is 1. The number of benzene rings is 5. The minimum atomic E-state index is -4.71. The van der Waals surface area contributed by atoms with Gasteiger partial charge in [-0.15, -0.1) is 13.2 Å². The van der Waals surface area contributed by atoms with Gasteiger partial charge in [-0.1, -0.05) is 149 Å². The molecule has 0 amide bonds. The molecule has 12 heterocycles. The highest BCUT2D eigenvalue weighted by molar-refractivity contribution is 5.60. The number of nitrogens with zero attached hydrogens (tertiary/aromatic N) is 21. The topological polar surface area (TPSA) is 371 Å². The first-order valence-electron chi connectivity index (χ1n) is 43.0. The van der Waals surface area contributed by atoms with Crippen LogP contribution in [0.15, 0.2) is 268 Å². The number of halogens is 11. The molecule has 2 aliphatic heterocycles. The highest BCUT2D eigenvalue weighted by Crippen LogP contribution is 2.35. The van der Waals surface area contributed by atoms with E-state index in [1.54, 1.807) is 36.7 Å². The number of ether oxygens (including phenoxy) is 7. The van der Waals surface area contributed by atoms with Crippen molar-refractivity contribution in [2.45, 2.75) is 92.7 Å². The summed E-state index contributed by atoms with van der Waals surface area (Å²) in [5.74, 6) is -0.666. The maximum absolute atomic E-state index is 12.6. The van der Waals surface area contributed by atoms with Crippen LogP contribution in [-0.4, -0.2) is 190 Å². The molecule has 140 heavy (non-hydrogen) atoms. The molecule has 17 rings (SSSR count). The molecular formula is C96H88F11N21O12. The van der Waals surface area contributed by atoms with Crippen molar-refractivity contribution in [3.05, 3.63) is 351 Å². The number of hydrogen-bond acceptors (Lipinski definition) is 28. The fourth-order valence-electron chi connectivity index (χ4n) is 12.8. The van der Waals surface area contributed by atoms with Crippen molar-refractivity contribution in [3.63, 3.8) is 0 Å². The molecular weight excluding hydrogens is 1850 g/mol. The minimum absolute atomic E-state index is 0.0367. The molecule has 0 spiro atoms. The summed E-state index contributed by atoms with van der Waals surface area (Å²) in [5.41, 5.74) is 14.8. The quantitative estimate of drug-likeness (QED) is 0.0298. The number of aromatic nitrogens is 20. The van der Waals surface area contributed by atoms with Crippen molar-refractivity contribution in [2.24, 2.45) is 11.8 Å². The van der Waals surface area contributed by atoms with Crippen molar-refractivity contribution in [1.82, 2.24) is 98.7 Å². The summed E-state index contributed by atoms with van der Waals surface area (Å²) >= 11 is 0. The van der Waals surface area contributed by atoms with Crippen LogP contribution in [0.1, 0.15) is 55.6 Å². The highest BCUT2D eigenvalue weighted by atomic mass is 19.4. The zero-order chi connectivity index (χ0) is 99.5. The predicted molar refractivity (Wildman–Crippen MR) is 487 cm³/mol. The molecule has 10 aromatic heterocycles. The molecule has 44 heteroatoms. The Morgan fingerprint density at radius 3 is 0.850 bits per heavy atom. The summed E-state index contributed by atoms with van der Waals surface area (Å²) in [6, 6.07) is 54.1. The Morgan fingerprint density at radius 1 is 0.336 bits per heavy atom. The van der Waals surface area contributed by atoms with Gasteiger partial charge in [-0.05, 0) is 92.8 Å². The van der Waals surface area contributed by atoms with Gasteiger partial charge in [0.2, 0.25) is 5.95 Å². The van der Waals surface area contributed by atoms with Crippen LogP contribution in [0, 0.1) is 46.5 Å². The van der Waals surface area contributed by atoms with Crippen LogP contribution < -0.4 is 51.6 Å². The normalized spacial score (nSPS) is 12.5. The van der Waals surface area contributed by atoms with Gasteiger partial charge in [-0.2, -0.15) is 60.6 Å². The Kier molecular flexibility index (Phi) is 34.5. The first-order valence-corrected chi connectivity index (χ1v) is 43.0. The van der Waals surface area contributed by atoms with Crippen LogP contribution >= 0.6 is 0 Å². The van der Waals surface area contributed by atoms with E-state index in [1.165, 1.54) is 120 Å². The van der Waals surface area contributed by atoms with Gasteiger partial charge in [0.25, 0.3) is 27.8 Å². The maximum Gasteiger partial charge on any atom is 0.522 e. The van der Waals surface area contributed by atoms with Gasteiger partial charge in [0.15, 0.2) is 6.61 Å². The number of alkyl halides is 11. The fraction of sp³-hybridized carbons (Fsp3) is 0.271. The van der Waals surface area contributed by atoms with Gasteiger partial charge in [0.05, 0.1) is 100 Å². The van der Waals surface area contributed by atoms with Gasteiger partial charge < -0.3 is 33.3 Å². The third-order valence-electron chi connectivity index (χ3n) is 20.5. The maximum atomic E-state index is 12.6. The Hall–Kier alpha value is -16.0. The van der Waals surface area contributed by atoms with Crippen molar-refractivity contribution in [3.8, 4) is 80.3 Å². The lowest BCUT2D eigenvalue weighted by Gasteiger charge is -2.39. The van der Waals surface area contributed by atoms with E-state index < -0.39 is 44.5 Å². The molecule has 0 aliphatic carbocycles. The van der Waals surface area contributed by atoms with E-state index in [9.17, 15) is 72.3 Å². The molecule has 2 aliphatic rings. The van der Waals surface area contributed by atoms with Crippen LogP contribution in [0.2, 0.25) is 0 Å². The van der Waals surface area contributed by atoms with Gasteiger partial charge in [-0.3, -0.25) is 28.7 Å². The molecule has 2 fully saturated rings. The van der Waals surface area contributed by atoms with E-state index in [0.717, 1.165) is 68.8 Å². The van der Waals surface area contributed by atoms with Crippen molar-refractivity contribution >= 4 is 5.95 Å². The minimum Gasteiger partial charge on any atom is -0.463 e. The van der Waals surface area contributed by atoms with Crippen molar-refractivity contribution in [1.29, 1.82) is 0 Å². The molecule has 726 valence electrons. The lowest BCUT2D eigenvalue weighted by Crippen LogP contribution is -2.54. The zero-order valence-electron chi connectivity index (χ0n) is 75.4. The lowest BCUT2D eigenvalue weighted by atomic mass is 10.0. The second-order valence-electron chi connectivity index (χ2n) is 31.7. The van der Waals surface area contributed by atoms with Gasteiger partial charge >= 0.3 is 49.4 Å². The lowest BCUT2D eigenvalue weighted by molar-refractivity contribution is -0.325. The van der Waals surface area contributed by atoms with E-state index in [0.29, 0.717) is 102 Å². The Balaban J connectivity index is 0.000000147. The summed E-state index contributed by atoms with van der Waals surface area (Å²) in [7, 11) is 0. The second-order valence-corrected chi connectivity index (χ2v) is 31.7. The summed E-state index contributed by atoms with van der Waals surface area (Å²) in [4.78, 5) is 102. The van der Waals surface area contributed by atoms with Crippen molar-refractivity contribution in [2.75, 3.05) is 70.8 Å². The van der Waals surface area contributed by atoms with Gasteiger partial charge in [0.1, 0.15) is 13.2 Å². The van der Waals surface area contributed by atoms with Crippen LogP contribution in [-0.2, 0) is 46.9 Å². The summed E-state index contributed by atoms with van der Waals surface area (Å²) in [5, 5.41) is 21.8. The largest absolute Gasteiger partial charge is 0.522 e. The standard InChI is InChI=1S/C20H18F3N5O.C20H20N4O3.C19H17F3N4O3.C19H18F2N4O3.C18H15F3N4O2/c1-13-2-4-14(5-3-13)10-28-18(29)7-6-17(26-28)15-8-24-19(25-9-15)27-11-16(12-27)20(21,22)23;1-14-2-4-15(5-3-14)10-24-19(25)7-6-18(23-24)17-8-21-20(22-9-17)27-13-16-11-26-12-16;1-13-2-4-14(5-3-13)12-26-17(27)7-6-16(25-26)15-10-23-18(24-11-15)28-8-9-29-19(20,21)22;1-13-2-4-14(5-3-13)12-25-17(26)7-6-16(24-25)15-10-22-19(23-11-15)28-9-8-27-18(20)21;1-12-2-4-13(5-3-12)10-25-16(26)7-6-15(24-25)14-8-22-17(23-9-14)27-11-18(19,20)21/h2-9,16H,10-12H2,1H3;2-9,16H,10-13H2,1H3;2-7,10-11H,8-9,12H2,1H3;2-7,10-11,18H,8-9,12H2,1H3;2-9H,10-11H2,1H3. The number of rotatable bonds is 30. The third kappa shape index (κ3) is 31.3. The summed E-state index contributed by atoms with van der Waals surface area (Å²) < 4.78 is 173. The van der Waals surface area contributed by atoms with E-state index in [1.807, 2.05) is 156 Å². The summed E-state index contributed by atoms with van der Waals surface area (Å²) in [6.07, 6.45) is 1.35. The molecule has 0 N–H and O–H groups in total. The molecule has 0 radical (unpaired) electrons. The van der Waals surface area contributed by atoms with E-state index in [4.69, 9.17) is 18.9 Å². The van der Waals surface area contributed by atoms with Crippen molar-refractivity contribution < 1.29 is 81.5 Å². The van der Waals surface area contributed by atoms with Crippen LogP contribution in [0.4, 0.5) is 54.2 Å². The van der Waals surface area contributed by atoms with Crippen LogP contribution in [0.25, 0.3) is 56.3 Å². The van der Waals surface area contributed by atoms with Gasteiger partial charge in [-0.25, -0.2) is 73.2 Å². The predicted octanol–water partition coefficient (Wildman–Crippen LogP) is 13.8. The average molecular weight is 1940 g/mol. The molecule has 0 bridgehead atoms. The van der Waals surface area contributed by atoms with E-state index >= 15 is 0 Å². The Labute approximate surface area is 789 Å². The van der Waals surface area contributed by atoms with Gasteiger partial charge in [0, 0.05) is 139 Å². The number of aryl methyl sites for hydroxylation is 5. The highest BCUT2D eigenvalue weighted by Gasteiger charge is 2.48. The molecule has 15 aromatic rings. The third-order valence-corrected chi connectivity index (χ3v) is 20.5. The molecule has 33 nitrogen and oxygen atoms in total. The second kappa shape index (κ2) is 47.7. The molecule has 0 atom stereocenters. The molecule has 0 saturated carbocycles. The summed E-state index contributed by atoms with van der Waals surface area (Å²) in [6.45, 7) is 7.71. The smallest absolute Gasteiger partial charge is 0.463 e. The monoisotopic (exact) mass is 1940 g/mol. The molecule has 5 aromatic carbocycles. The first-order chi connectivity index (χ1) is 67.1. The Morgan fingerprint density at radius 2 is 0.600 bits per heavy atom.